The normalized spacial score (nSPS) is 33.8. The predicted molar refractivity (Wildman–Crippen MR) is 92.8 cm³/mol. The second-order valence-corrected chi connectivity index (χ2v) is 8.99. The zero-order chi connectivity index (χ0) is 16.6. The molecule has 1 heterocycles. The molecule has 5 nitrogen and oxygen atoms in total. The van der Waals surface area contributed by atoms with Gasteiger partial charge in [0.25, 0.3) is 5.22 Å². The molecular formula is C18H27N3O2S. The maximum atomic E-state index is 11.8. The number of aromatic nitrogens is 2. The van der Waals surface area contributed by atoms with E-state index >= 15 is 0 Å². The molecule has 24 heavy (non-hydrogen) atoms. The zero-order valence-corrected chi connectivity index (χ0v) is 15.2. The van der Waals surface area contributed by atoms with Gasteiger partial charge in [-0.1, -0.05) is 25.1 Å². The fourth-order valence-electron chi connectivity index (χ4n) is 5.44. The van der Waals surface area contributed by atoms with E-state index in [9.17, 15) is 4.79 Å². The summed E-state index contributed by atoms with van der Waals surface area (Å²) in [6, 6.07) is 0. The molecule has 1 N–H and O–H groups in total. The molecule has 0 unspecified atom stereocenters. The van der Waals surface area contributed by atoms with Gasteiger partial charge >= 0.3 is 0 Å². The molecule has 0 radical (unpaired) electrons. The lowest BCUT2D eigenvalue weighted by molar-refractivity contribution is -0.118. The minimum atomic E-state index is 0.0444. The van der Waals surface area contributed by atoms with E-state index in [0.29, 0.717) is 11.0 Å². The van der Waals surface area contributed by atoms with Crippen molar-refractivity contribution >= 4 is 17.7 Å². The lowest BCUT2D eigenvalue weighted by atomic mass is 9.49. The van der Waals surface area contributed by atoms with Crippen LogP contribution in [0.25, 0.3) is 0 Å². The van der Waals surface area contributed by atoms with E-state index in [-0.39, 0.29) is 11.3 Å². The Bertz CT molecular complexity index is 566. The van der Waals surface area contributed by atoms with Crippen LogP contribution >= 0.6 is 11.8 Å². The smallest absolute Gasteiger partial charge is 0.277 e. The number of carbonyl (C=O) groups excluding carboxylic acids is 1. The molecule has 1 aromatic rings. The van der Waals surface area contributed by atoms with Crippen LogP contribution in [0.2, 0.25) is 0 Å². The standard InChI is InChI=1S/C18H27N3O2S/c1-2-3-4-19-15(22)11-24-17-21-20-16(23-17)18-8-12-5-13(9-18)7-14(6-12)10-18/h12-14H,2-11H2,1H3,(H,19,22). The molecule has 1 aromatic heterocycles. The number of unbranched alkanes of at least 4 members (excludes halogenated alkanes) is 1. The molecule has 0 aromatic carbocycles. The quantitative estimate of drug-likeness (QED) is 0.602. The van der Waals surface area contributed by atoms with Crippen molar-refractivity contribution in [1.29, 1.82) is 0 Å². The number of nitrogens with zero attached hydrogens (tertiary/aromatic N) is 2. The van der Waals surface area contributed by atoms with Crippen LogP contribution in [-0.4, -0.2) is 28.4 Å². The highest BCUT2D eigenvalue weighted by molar-refractivity contribution is 7.99. The molecule has 4 aliphatic carbocycles. The average Bonchev–Trinajstić information content (AvgIpc) is 3.02. The van der Waals surface area contributed by atoms with Crippen molar-refractivity contribution in [3.05, 3.63) is 5.89 Å². The Hall–Kier alpha value is -1.04. The topological polar surface area (TPSA) is 68.0 Å². The first-order chi connectivity index (χ1) is 11.7. The zero-order valence-electron chi connectivity index (χ0n) is 14.4. The van der Waals surface area contributed by atoms with Crippen LogP contribution in [0, 0.1) is 17.8 Å². The van der Waals surface area contributed by atoms with Gasteiger partial charge in [-0.05, 0) is 62.7 Å². The van der Waals surface area contributed by atoms with Crippen molar-refractivity contribution < 1.29 is 9.21 Å². The number of nitrogens with one attached hydrogen (secondary N) is 1. The Morgan fingerprint density at radius 1 is 1.21 bits per heavy atom. The highest BCUT2D eigenvalue weighted by atomic mass is 32.2. The van der Waals surface area contributed by atoms with Gasteiger partial charge in [0, 0.05) is 12.0 Å². The molecule has 4 fully saturated rings. The number of thioether (sulfide) groups is 1. The van der Waals surface area contributed by atoms with Crippen LogP contribution in [0.3, 0.4) is 0 Å². The van der Waals surface area contributed by atoms with E-state index in [2.05, 4.69) is 22.4 Å². The average molecular weight is 350 g/mol. The molecule has 4 bridgehead atoms. The Kier molecular flexibility index (Phi) is 4.58. The van der Waals surface area contributed by atoms with E-state index in [1.54, 1.807) is 0 Å². The van der Waals surface area contributed by atoms with Gasteiger partial charge < -0.3 is 9.73 Å². The van der Waals surface area contributed by atoms with Gasteiger partial charge in [-0.3, -0.25) is 4.79 Å². The molecule has 132 valence electrons. The summed E-state index contributed by atoms with van der Waals surface area (Å²) in [5, 5.41) is 12.1. The van der Waals surface area contributed by atoms with Gasteiger partial charge in [-0.25, -0.2) is 0 Å². The fourth-order valence-corrected chi connectivity index (χ4v) is 6.03. The summed E-state index contributed by atoms with van der Waals surface area (Å²) in [6.07, 6.45) is 10.0. The number of hydrogen-bond donors (Lipinski definition) is 1. The number of carbonyl (C=O) groups is 1. The second kappa shape index (κ2) is 6.70. The van der Waals surface area contributed by atoms with E-state index < -0.39 is 0 Å². The minimum absolute atomic E-state index is 0.0444. The van der Waals surface area contributed by atoms with Crippen molar-refractivity contribution in [1.82, 2.24) is 15.5 Å². The highest BCUT2D eigenvalue weighted by Crippen LogP contribution is 2.60. The number of amides is 1. The molecule has 0 aliphatic heterocycles. The van der Waals surface area contributed by atoms with Crippen LogP contribution in [0.5, 0.6) is 0 Å². The molecule has 0 saturated heterocycles. The maximum Gasteiger partial charge on any atom is 0.277 e. The lowest BCUT2D eigenvalue weighted by Gasteiger charge is -2.55. The monoisotopic (exact) mass is 349 g/mol. The third-order valence-electron chi connectivity index (χ3n) is 6.08. The van der Waals surface area contributed by atoms with Gasteiger partial charge in [-0.15, -0.1) is 10.2 Å². The first kappa shape index (κ1) is 16.4. The number of rotatable bonds is 7. The molecule has 6 heteroatoms. The van der Waals surface area contributed by atoms with Crippen LogP contribution in [-0.2, 0) is 10.2 Å². The Balaban J connectivity index is 1.36. The van der Waals surface area contributed by atoms with Crippen LogP contribution in [0.4, 0.5) is 0 Å². The molecule has 4 saturated carbocycles. The van der Waals surface area contributed by atoms with Gasteiger partial charge in [0.05, 0.1) is 5.75 Å². The second-order valence-electron chi connectivity index (χ2n) is 8.06. The van der Waals surface area contributed by atoms with Crippen molar-refractivity contribution in [2.75, 3.05) is 12.3 Å². The van der Waals surface area contributed by atoms with Crippen molar-refractivity contribution in [2.45, 2.75) is 68.9 Å². The molecule has 0 atom stereocenters. The van der Waals surface area contributed by atoms with Crippen molar-refractivity contribution in [2.24, 2.45) is 17.8 Å². The van der Waals surface area contributed by atoms with Crippen LogP contribution < -0.4 is 5.32 Å². The Labute approximate surface area is 147 Å². The summed E-state index contributed by atoms with van der Waals surface area (Å²) < 4.78 is 6.01. The van der Waals surface area contributed by atoms with Crippen molar-refractivity contribution in [3.8, 4) is 0 Å². The Morgan fingerprint density at radius 3 is 2.50 bits per heavy atom. The van der Waals surface area contributed by atoms with Gasteiger partial charge in [0.15, 0.2) is 0 Å². The summed E-state index contributed by atoms with van der Waals surface area (Å²) in [7, 11) is 0. The first-order valence-electron chi connectivity index (χ1n) is 9.40. The summed E-state index contributed by atoms with van der Waals surface area (Å²) >= 11 is 1.36. The Morgan fingerprint density at radius 2 is 1.88 bits per heavy atom. The summed E-state index contributed by atoms with van der Waals surface area (Å²) in [5.74, 6) is 3.83. The summed E-state index contributed by atoms with van der Waals surface area (Å²) in [6.45, 7) is 2.86. The molecule has 5 rings (SSSR count). The SMILES string of the molecule is CCCCNC(=O)CSc1nnc(C23CC4CC(CC(C4)C2)C3)o1. The van der Waals surface area contributed by atoms with Crippen LogP contribution in [0.1, 0.15) is 64.2 Å². The summed E-state index contributed by atoms with van der Waals surface area (Å²) in [5.41, 5.74) is 0.143. The molecule has 4 aliphatic rings. The van der Waals surface area contributed by atoms with E-state index in [4.69, 9.17) is 4.42 Å². The fraction of sp³-hybridized carbons (Fsp3) is 0.833. The first-order valence-corrected chi connectivity index (χ1v) is 10.4. The minimum Gasteiger partial charge on any atom is -0.415 e. The van der Waals surface area contributed by atoms with E-state index in [0.717, 1.165) is 43.0 Å². The van der Waals surface area contributed by atoms with Crippen molar-refractivity contribution in [3.63, 3.8) is 0 Å². The predicted octanol–water partition coefficient (Wildman–Crippen LogP) is 3.55. The van der Waals surface area contributed by atoms with Gasteiger partial charge in [0.2, 0.25) is 11.8 Å². The highest BCUT2D eigenvalue weighted by Gasteiger charge is 2.54. The van der Waals surface area contributed by atoms with Gasteiger partial charge in [0.1, 0.15) is 0 Å². The lowest BCUT2D eigenvalue weighted by Crippen LogP contribution is -2.48. The largest absolute Gasteiger partial charge is 0.415 e. The maximum absolute atomic E-state index is 11.8. The molecule has 0 spiro atoms. The van der Waals surface area contributed by atoms with Gasteiger partial charge in [-0.2, -0.15) is 0 Å². The van der Waals surface area contributed by atoms with E-state index in [1.165, 1.54) is 50.3 Å². The summed E-state index contributed by atoms with van der Waals surface area (Å²) in [4.78, 5) is 11.8. The molecular weight excluding hydrogens is 322 g/mol. The van der Waals surface area contributed by atoms with Crippen LogP contribution in [0.15, 0.2) is 9.64 Å². The third kappa shape index (κ3) is 3.22. The third-order valence-corrected chi connectivity index (χ3v) is 6.90. The molecule has 1 amide bonds. The number of hydrogen-bond acceptors (Lipinski definition) is 5. The van der Waals surface area contributed by atoms with E-state index in [1.807, 2.05) is 0 Å².